The highest BCUT2D eigenvalue weighted by atomic mass is 16.5. The number of nitrogen functional groups attached to an aromatic ring is 1. The van der Waals surface area contributed by atoms with Crippen molar-refractivity contribution >= 4 is 34.5 Å². The summed E-state index contributed by atoms with van der Waals surface area (Å²) >= 11 is 0. The quantitative estimate of drug-likeness (QED) is 0.690. The maximum absolute atomic E-state index is 12.8. The number of urea groups is 1. The van der Waals surface area contributed by atoms with Crippen molar-refractivity contribution in [2.45, 2.75) is 19.9 Å². The average Bonchev–Trinajstić information content (AvgIpc) is 3.08. The number of carbonyl (C=O) groups is 1. The topological polar surface area (TPSA) is 102 Å². The van der Waals surface area contributed by atoms with Gasteiger partial charge in [-0.2, -0.15) is 4.98 Å². The minimum atomic E-state index is -0.114. The van der Waals surface area contributed by atoms with Crippen LogP contribution >= 0.6 is 0 Å². The van der Waals surface area contributed by atoms with Crippen molar-refractivity contribution < 1.29 is 9.53 Å². The second-order valence-corrected chi connectivity index (χ2v) is 7.67. The van der Waals surface area contributed by atoms with Crippen molar-refractivity contribution in [3.8, 4) is 5.75 Å². The van der Waals surface area contributed by atoms with E-state index in [0.29, 0.717) is 19.6 Å². The largest absolute Gasteiger partial charge is 0.496 e. The van der Waals surface area contributed by atoms with Gasteiger partial charge in [0, 0.05) is 44.6 Å². The Hall–Kier alpha value is -3.49. The number of carbonyl (C=O) groups excluding carboxylic acids is 1. The van der Waals surface area contributed by atoms with Gasteiger partial charge >= 0.3 is 6.03 Å². The number of piperazine rings is 1. The number of anilines is 3. The molecule has 158 valence electrons. The van der Waals surface area contributed by atoms with Crippen LogP contribution in [-0.4, -0.2) is 58.3 Å². The van der Waals surface area contributed by atoms with Gasteiger partial charge < -0.3 is 30.2 Å². The molecular formula is C21H27N7O2. The van der Waals surface area contributed by atoms with E-state index in [0.717, 1.165) is 33.9 Å². The second kappa shape index (κ2) is 7.74. The number of nitrogens with two attached hydrogens (primary N) is 1. The zero-order valence-electron chi connectivity index (χ0n) is 17.7. The Morgan fingerprint density at radius 1 is 1.27 bits per heavy atom. The van der Waals surface area contributed by atoms with Gasteiger partial charge in [-0.3, -0.25) is 0 Å². The zero-order chi connectivity index (χ0) is 21.4. The van der Waals surface area contributed by atoms with Gasteiger partial charge in [-0.15, -0.1) is 0 Å². The molecule has 1 fully saturated rings. The van der Waals surface area contributed by atoms with Crippen LogP contribution in [0.5, 0.6) is 5.75 Å². The summed E-state index contributed by atoms with van der Waals surface area (Å²) in [4.78, 5) is 25.7. The molecule has 0 radical (unpaired) electrons. The van der Waals surface area contributed by atoms with Gasteiger partial charge in [0.2, 0.25) is 5.95 Å². The lowest BCUT2D eigenvalue weighted by Crippen LogP contribution is -2.55. The molecule has 4 rings (SSSR count). The molecule has 3 N–H and O–H groups in total. The summed E-state index contributed by atoms with van der Waals surface area (Å²) in [5.41, 5.74) is 9.43. The van der Waals surface area contributed by atoms with Crippen LogP contribution in [0.4, 0.5) is 22.2 Å². The fourth-order valence-corrected chi connectivity index (χ4v) is 4.00. The molecule has 0 aliphatic carbocycles. The number of aromatic nitrogens is 3. The smallest absolute Gasteiger partial charge is 0.321 e. The molecule has 0 bridgehead atoms. The average molecular weight is 409 g/mol. The van der Waals surface area contributed by atoms with Crippen LogP contribution in [0.15, 0.2) is 30.5 Å². The van der Waals surface area contributed by atoms with Crippen molar-refractivity contribution in [2.24, 2.45) is 7.05 Å². The Kier molecular flexibility index (Phi) is 5.11. The van der Waals surface area contributed by atoms with Crippen molar-refractivity contribution in [1.82, 2.24) is 19.4 Å². The SMILES string of the molecule is COc1ccc(NC(=O)N2CCN(c3nc(N)nc4ccn(C)c34)[C@@H](C)C2)cc1C. The van der Waals surface area contributed by atoms with E-state index < -0.39 is 0 Å². The summed E-state index contributed by atoms with van der Waals surface area (Å²) in [5.74, 6) is 1.86. The summed E-state index contributed by atoms with van der Waals surface area (Å²) in [6.07, 6.45) is 1.95. The third-order valence-corrected chi connectivity index (χ3v) is 5.55. The molecule has 1 aliphatic rings. The molecule has 30 heavy (non-hydrogen) atoms. The fraction of sp³-hybridized carbons (Fsp3) is 0.381. The number of hydrogen-bond acceptors (Lipinski definition) is 6. The summed E-state index contributed by atoms with van der Waals surface area (Å²) in [7, 11) is 3.60. The molecule has 1 atom stereocenters. The van der Waals surface area contributed by atoms with E-state index in [-0.39, 0.29) is 18.0 Å². The van der Waals surface area contributed by atoms with E-state index in [1.807, 2.05) is 53.9 Å². The van der Waals surface area contributed by atoms with E-state index in [9.17, 15) is 4.79 Å². The third kappa shape index (κ3) is 3.58. The van der Waals surface area contributed by atoms with Crippen molar-refractivity contribution in [3.05, 3.63) is 36.0 Å². The van der Waals surface area contributed by atoms with Crippen molar-refractivity contribution in [2.75, 3.05) is 42.7 Å². The number of amides is 2. The number of methoxy groups -OCH3 is 1. The number of benzene rings is 1. The summed E-state index contributed by atoms with van der Waals surface area (Å²) < 4.78 is 7.28. The predicted octanol–water partition coefficient (Wildman–Crippen LogP) is 2.61. The lowest BCUT2D eigenvalue weighted by molar-refractivity contribution is 0.200. The molecule has 2 amide bonds. The van der Waals surface area contributed by atoms with E-state index in [1.54, 1.807) is 7.11 Å². The number of nitrogens with one attached hydrogen (secondary N) is 1. The molecule has 3 aromatic rings. The molecule has 3 heterocycles. The number of nitrogens with zero attached hydrogens (tertiary/aromatic N) is 5. The van der Waals surface area contributed by atoms with E-state index in [4.69, 9.17) is 10.5 Å². The highest BCUT2D eigenvalue weighted by molar-refractivity contribution is 5.90. The Labute approximate surface area is 175 Å². The fourth-order valence-electron chi connectivity index (χ4n) is 4.00. The van der Waals surface area contributed by atoms with Crippen LogP contribution in [0.25, 0.3) is 11.0 Å². The first kappa shape index (κ1) is 19.8. The highest BCUT2D eigenvalue weighted by Gasteiger charge is 2.29. The molecule has 0 saturated carbocycles. The molecular weight excluding hydrogens is 382 g/mol. The normalized spacial score (nSPS) is 16.7. The number of hydrogen-bond donors (Lipinski definition) is 2. The van der Waals surface area contributed by atoms with E-state index >= 15 is 0 Å². The summed E-state index contributed by atoms with van der Waals surface area (Å²) in [6.45, 7) is 5.86. The Morgan fingerprint density at radius 3 is 2.77 bits per heavy atom. The van der Waals surface area contributed by atoms with Gasteiger partial charge in [0.1, 0.15) is 11.3 Å². The van der Waals surface area contributed by atoms with Crippen LogP contribution in [0, 0.1) is 6.92 Å². The van der Waals surface area contributed by atoms with Gasteiger partial charge in [-0.05, 0) is 43.7 Å². The van der Waals surface area contributed by atoms with Crippen LogP contribution in [0.3, 0.4) is 0 Å². The highest BCUT2D eigenvalue weighted by Crippen LogP contribution is 2.28. The minimum Gasteiger partial charge on any atom is -0.496 e. The van der Waals surface area contributed by atoms with Crippen LogP contribution < -0.4 is 20.7 Å². The van der Waals surface area contributed by atoms with Crippen LogP contribution in [-0.2, 0) is 7.05 Å². The molecule has 9 nitrogen and oxygen atoms in total. The Balaban J connectivity index is 1.49. The lowest BCUT2D eigenvalue weighted by atomic mass is 10.2. The van der Waals surface area contributed by atoms with Gasteiger partial charge in [0.05, 0.1) is 12.6 Å². The molecule has 0 unspecified atom stereocenters. The first-order valence-electron chi connectivity index (χ1n) is 9.93. The Bertz CT molecular complexity index is 1090. The maximum Gasteiger partial charge on any atom is 0.321 e. The van der Waals surface area contributed by atoms with Gasteiger partial charge in [0.15, 0.2) is 5.82 Å². The lowest BCUT2D eigenvalue weighted by Gasteiger charge is -2.40. The van der Waals surface area contributed by atoms with E-state index in [1.165, 1.54) is 0 Å². The maximum atomic E-state index is 12.8. The minimum absolute atomic E-state index is 0.0782. The molecule has 0 spiro atoms. The van der Waals surface area contributed by atoms with Crippen molar-refractivity contribution in [3.63, 3.8) is 0 Å². The Morgan fingerprint density at radius 2 is 2.07 bits per heavy atom. The van der Waals surface area contributed by atoms with Gasteiger partial charge in [0.25, 0.3) is 0 Å². The molecule has 1 saturated heterocycles. The third-order valence-electron chi connectivity index (χ3n) is 5.55. The van der Waals surface area contributed by atoms with E-state index in [2.05, 4.69) is 27.1 Å². The summed E-state index contributed by atoms with van der Waals surface area (Å²) in [6, 6.07) is 7.51. The number of rotatable bonds is 3. The molecule has 1 aromatic carbocycles. The number of fused-ring (bicyclic) bond motifs is 1. The number of ether oxygens (including phenoxy) is 1. The monoisotopic (exact) mass is 409 g/mol. The van der Waals surface area contributed by atoms with Crippen LogP contribution in [0.2, 0.25) is 0 Å². The second-order valence-electron chi connectivity index (χ2n) is 7.67. The first-order chi connectivity index (χ1) is 14.4. The standard InChI is InChI=1S/C21H27N7O2/c1-13-11-15(5-6-17(13)30-4)23-21(29)27-9-10-28(14(2)12-27)19-18-16(7-8-26(18)3)24-20(22)25-19/h5-8,11,14H,9-10,12H2,1-4H3,(H,23,29)(H2,22,24,25)/t14-/m0/s1. The van der Waals surface area contributed by atoms with Gasteiger partial charge in [-0.25, -0.2) is 9.78 Å². The summed E-state index contributed by atoms with van der Waals surface area (Å²) in [5, 5.41) is 2.99. The van der Waals surface area contributed by atoms with Gasteiger partial charge in [-0.1, -0.05) is 0 Å². The molecule has 2 aromatic heterocycles. The molecule has 9 heteroatoms. The molecule has 1 aliphatic heterocycles. The van der Waals surface area contributed by atoms with Crippen LogP contribution in [0.1, 0.15) is 12.5 Å². The van der Waals surface area contributed by atoms with Crippen molar-refractivity contribution in [1.29, 1.82) is 0 Å². The first-order valence-corrected chi connectivity index (χ1v) is 9.93. The zero-order valence-corrected chi connectivity index (χ0v) is 17.7. The number of aryl methyl sites for hydroxylation is 2. The predicted molar refractivity (Wildman–Crippen MR) is 118 cm³/mol.